The van der Waals surface area contributed by atoms with Gasteiger partial charge in [0, 0.05) is 16.7 Å². The minimum Gasteiger partial charge on any atom is -0.436 e. The Morgan fingerprint density at radius 3 is 1.91 bits per heavy atom. The van der Waals surface area contributed by atoms with Gasteiger partial charge in [-0.05, 0) is 46.2 Å². The van der Waals surface area contributed by atoms with Gasteiger partial charge in [0.2, 0.25) is 5.89 Å². The molecule has 0 bridgehead atoms. The van der Waals surface area contributed by atoms with E-state index >= 15 is 0 Å². The molecule has 8 aromatic rings. The monoisotopic (exact) mass is 551 g/mol. The average molecular weight is 552 g/mol. The average Bonchev–Trinajstić information content (AvgIpc) is 3.52. The molecule has 0 N–H and O–H groups in total. The van der Waals surface area contributed by atoms with Crippen molar-refractivity contribution in [2.24, 2.45) is 0 Å². The zero-order valence-electron chi connectivity index (χ0n) is 23.2. The fraction of sp³-hybridized carbons (Fsp3) is 0. The molecule has 0 aliphatic rings. The highest BCUT2D eigenvalue weighted by Gasteiger charge is 2.18. The van der Waals surface area contributed by atoms with Crippen LogP contribution >= 0.6 is 0 Å². The Kier molecular flexibility index (Phi) is 6.08. The van der Waals surface area contributed by atoms with Crippen LogP contribution in [0, 0.1) is 0 Å². The van der Waals surface area contributed by atoms with E-state index in [2.05, 4.69) is 78.9 Å². The fourth-order valence-electron chi connectivity index (χ4n) is 5.64. The van der Waals surface area contributed by atoms with Crippen molar-refractivity contribution in [3.8, 4) is 56.5 Å². The third-order valence-corrected chi connectivity index (χ3v) is 7.73. The second-order valence-corrected chi connectivity index (χ2v) is 10.5. The lowest BCUT2D eigenvalue weighted by atomic mass is 9.92. The van der Waals surface area contributed by atoms with Crippen LogP contribution in [-0.2, 0) is 0 Å². The van der Waals surface area contributed by atoms with Crippen LogP contribution in [0.3, 0.4) is 0 Å². The molecule has 0 amide bonds. The van der Waals surface area contributed by atoms with Gasteiger partial charge in [0.1, 0.15) is 5.52 Å². The molecule has 2 aromatic heterocycles. The van der Waals surface area contributed by atoms with Gasteiger partial charge in [0.25, 0.3) is 0 Å². The van der Waals surface area contributed by atoms with Gasteiger partial charge >= 0.3 is 0 Å². The van der Waals surface area contributed by atoms with Gasteiger partial charge in [-0.25, -0.2) is 15.0 Å². The minimum absolute atomic E-state index is 0.609. The molecule has 2 heterocycles. The maximum atomic E-state index is 6.34. The second kappa shape index (κ2) is 10.5. The number of nitrogens with zero attached hydrogens (tertiary/aromatic N) is 3. The molecule has 0 radical (unpaired) electrons. The van der Waals surface area contributed by atoms with E-state index in [0.29, 0.717) is 11.7 Å². The third-order valence-electron chi connectivity index (χ3n) is 7.73. The van der Waals surface area contributed by atoms with E-state index in [0.717, 1.165) is 66.6 Å². The Morgan fingerprint density at radius 1 is 0.442 bits per heavy atom. The quantitative estimate of drug-likeness (QED) is 0.214. The van der Waals surface area contributed by atoms with Crippen molar-refractivity contribution in [1.29, 1.82) is 0 Å². The number of fused-ring (bicyclic) bond motifs is 2. The first kappa shape index (κ1) is 24.9. The molecule has 0 saturated heterocycles. The van der Waals surface area contributed by atoms with Gasteiger partial charge < -0.3 is 4.42 Å². The second-order valence-electron chi connectivity index (χ2n) is 10.5. The molecule has 0 atom stereocenters. The summed E-state index contributed by atoms with van der Waals surface area (Å²) in [6, 6.07) is 51.6. The van der Waals surface area contributed by atoms with Crippen LogP contribution < -0.4 is 0 Å². The lowest BCUT2D eigenvalue weighted by Crippen LogP contribution is -1.96. The SMILES string of the molecule is c1ccc(-c2cc(-c3cccc(-c4ccc5ccccc5c4-c4nc5ccccc5o4)c3)nc(-c3ccccc3)n2)cc1. The number of benzene rings is 6. The molecule has 8 rings (SSSR count). The molecule has 4 heteroatoms. The van der Waals surface area contributed by atoms with Gasteiger partial charge in [-0.15, -0.1) is 0 Å². The van der Waals surface area contributed by atoms with Crippen molar-refractivity contribution in [1.82, 2.24) is 15.0 Å². The fourth-order valence-corrected chi connectivity index (χ4v) is 5.64. The van der Waals surface area contributed by atoms with Gasteiger partial charge in [-0.3, -0.25) is 0 Å². The van der Waals surface area contributed by atoms with Crippen LogP contribution in [-0.4, -0.2) is 15.0 Å². The number of rotatable bonds is 5. The summed E-state index contributed by atoms with van der Waals surface area (Å²) in [5, 5.41) is 2.23. The summed E-state index contributed by atoms with van der Waals surface area (Å²) in [6.07, 6.45) is 0. The number of hydrogen-bond acceptors (Lipinski definition) is 4. The van der Waals surface area contributed by atoms with Gasteiger partial charge in [-0.2, -0.15) is 0 Å². The minimum atomic E-state index is 0.609. The molecule has 0 aliphatic carbocycles. The Hall–Kier alpha value is -5.87. The molecule has 6 aromatic carbocycles. The Morgan fingerprint density at radius 2 is 1.09 bits per heavy atom. The largest absolute Gasteiger partial charge is 0.436 e. The molecule has 0 saturated carbocycles. The summed E-state index contributed by atoms with van der Waals surface area (Å²) >= 11 is 0. The Labute approximate surface area is 249 Å². The first-order valence-electron chi connectivity index (χ1n) is 14.3. The summed E-state index contributed by atoms with van der Waals surface area (Å²) in [5.74, 6) is 1.30. The van der Waals surface area contributed by atoms with E-state index in [9.17, 15) is 0 Å². The third kappa shape index (κ3) is 4.65. The van der Waals surface area contributed by atoms with Crippen LogP contribution in [0.5, 0.6) is 0 Å². The van der Waals surface area contributed by atoms with Crippen LogP contribution in [0.1, 0.15) is 0 Å². The zero-order valence-corrected chi connectivity index (χ0v) is 23.2. The Bertz CT molecular complexity index is 2150. The van der Waals surface area contributed by atoms with Crippen LogP contribution in [0.2, 0.25) is 0 Å². The smallest absolute Gasteiger partial charge is 0.228 e. The predicted molar refractivity (Wildman–Crippen MR) is 174 cm³/mol. The lowest BCUT2D eigenvalue weighted by molar-refractivity contribution is 0.621. The van der Waals surface area contributed by atoms with E-state index in [-0.39, 0.29) is 0 Å². The Balaban J connectivity index is 1.32. The van der Waals surface area contributed by atoms with Gasteiger partial charge in [-0.1, -0.05) is 127 Å². The highest BCUT2D eigenvalue weighted by atomic mass is 16.3. The summed E-state index contributed by atoms with van der Waals surface area (Å²) in [7, 11) is 0. The molecule has 4 nitrogen and oxygen atoms in total. The topological polar surface area (TPSA) is 51.8 Å². The van der Waals surface area contributed by atoms with Gasteiger partial charge in [0.15, 0.2) is 11.4 Å². The molecule has 43 heavy (non-hydrogen) atoms. The van der Waals surface area contributed by atoms with Crippen molar-refractivity contribution in [3.05, 3.63) is 152 Å². The van der Waals surface area contributed by atoms with E-state index in [1.165, 1.54) is 0 Å². The standard InChI is InChI=1S/C39H25N3O/c1-3-13-27(14-4-1)34-25-35(41-38(40-34)28-15-5-2-6-16-28)30-18-11-17-29(24-30)32-23-22-26-12-7-8-19-31(26)37(32)39-42-33-20-9-10-21-36(33)43-39/h1-25H. The number of aromatic nitrogens is 3. The maximum absolute atomic E-state index is 6.34. The highest BCUT2D eigenvalue weighted by molar-refractivity contribution is 6.03. The van der Waals surface area contributed by atoms with Crippen LogP contribution in [0.15, 0.2) is 156 Å². The zero-order chi connectivity index (χ0) is 28.6. The molecule has 0 fully saturated rings. The molecule has 0 unspecified atom stereocenters. The first-order valence-corrected chi connectivity index (χ1v) is 14.3. The summed E-state index contributed by atoms with van der Waals surface area (Å²) < 4.78 is 6.34. The van der Waals surface area contributed by atoms with Gasteiger partial charge in [0.05, 0.1) is 17.0 Å². The highest BCUT2D eigenvalue weighted by Crippen LogP contribution is 2.40. The van der Waals surface area contributed by atoms with Crippen molar-refractivity contribution >= 4 is 21.9 Å². The summed E-state index contributed by atoms with van der Waals surface area (Å²) in [4.78, 5) is 14.9. The van der Waals surface area contributed by atoms with E-state index in [1.54, 1.807) is 0 Å². The molecule has 0 spiro atoms. The first-order chi connectivity index (χ1) is 21.3. The number of oxazole rings is 1. The van der Waals surface area contributed by atoms with E-state index in [1.807, 2.05) is 72.8 Å². The van der Waals surface area contributed by atoms with Crippen molar-refractivity contribution in [3.63, 3.8) is 0 Å². The maximum Gasteiger partial charge on any atom is 0.228 e. The van der Waals surface area contributed by atoms with Crippen molar-refractivity contribution < 1.29 is 4.42 Å². The van der Waals surface area contributed by atoms with Crippen LogP contribution in [0.4, 0.5) is 0 Å². The van der Waals surface area contributed by atoms with E-state index in [4.69, 9.17) is 19.4 Å². The van der Waals surface area contributed by atoms with Crippen LogP contribution in [0.25, 0.3) is 78.4 Å². The van der Waals surface area contributed by atoms with E-state index < -0.39 is 0 Å². The summed E-state index contributed by atoms with van der Waals surface area (Å²) in [6.45, 7) is 0. The molecular formula is C39H25N3O. The lowest BCUT2D eigenvalue weighted by Gasteiger charge is -2.13. The molecule has 0 aliphatic heterocycles. The molecular weight excluding hydrogens is 526 g/mol. The van der Waals surface area contributed by atoms with Crippen molar-refractivity contribution in [2.45, 2.75) is 0 Å². The number of para-hydroxylation sites is 2. The number of hydrogen-bond donors (Lipinski definition) is 0. The molecule has 202 valence electrons. The van der Waals surface area contributed by atoms with Crippen molar-refractivity contribution in [2.75, 3.05) is 0 Å². The normalized spacial score (nSPS) is 11.3. The summed E-state index contributed by atoms with van der Waals surface area (Å²) in [5.41, 5.74) is 9.47. The predicted octanol–water partition coefficient (Wildman–Crippen LogP) is 10.1.